The van der Waals surface area contributed by atoms with Gasteiger partial charge in [0.25, 0.3) is 0 Å². The average molecular weight is 559 g/mol. The van der Waals surface area contributed by atoms with E-state index in [9.17, 15) is 26.3 Å². The first-order chi connectivity index (χ1) is 17.3. The van der Waals surface area contributed by atoms with Crippen molar-refractivity contribution in [1.29, 1.82) is 0 Å². The Morgan fingerprint density at radius 1 is 1.11 bits per heavy atom. The summed E-state index contributed by atoms with van der Waals surface area (Å²) < 4.78 is 69.5. The summed E-state index contributed by atoms with van der Waals surface area (Å²) in [6.07, 6.45) is -5.14. The van der Waals surface area contributed by atoms with Crippen molar-refractivity contribution >= 4 is 29.2 Å². The Kier molecular flexibility index (Phi) is 11.1. The number of ether oxygens (including phenoxy) is 1. The Labute approximate surface area is 211 Å². The molecule has 3 N–H and O–H groups in total. The van der Waals surface area contributed by atoms with Crippen LogP contribution in [-0.4, -0.2) is 81.7 Å². The third kappa shape index (κ3) is 10.5. The van der Waals surface area contributed by atoms with E-state index in [1.807, 2.05) is 6.07 Å². The molecule has 206 valence electrons. The number of nitrogens with zero attached hydrogens (tertiary/aromatic N) is 3. The fourth-order valence-electron chi connectivity index (χ4n) is 3.74. The summed E-state index contributed by atoms with van der Waals surface area (Å²) in [4.78, 5) is 28.8. The lowest BCUT2D eigenvalue weighted by atomic mass is 9.84. The maximum atomic E-state index is 10.6. The Hall–Kier alpha value is -2.98. The number of aromatic nitrogens is 2. The van der Waals surface area contributed by atoms with Crippen molar-refractivity contribution in [2.45, 2.75) is 31.4 Å². The summed E-state index contributed by atoms with van der Waals surface area (Å²) in [7, 11) is 0. The highest BCUT2D eigenvalue weighted by Gasteiger charge is 2.41. The van der Waals surface area contributed by atoms with Crippen LogP contribution in [0.5, 0.6) is 0 Å². The normalized spacial score (nSPS) is 21.5. The van der Waals surface area contributed by atoms with Gasteiger partial charge in [-0.25, -0.2) is 19.6 Å². The molecule has 2 aromatic heterocycles. The number of alkyl halides is 6. The minimum atomic E-state index is -5.08. The lowest BCUT2D eigenvalue weighted by molar-refractivity contribution is -0.193. The number of carboxylic acid groups (broad SMARTS) is 2. The number of piperidine rings is 1. The van der Waals surface area contributed by atoms with E-state index in [0.29, 0.717) is 17.8 Å². The molecular formula is C21H24F6N4O5S. The summed E-state index contributed by atoms with van der Waals surface area (Å²) in [5.41, 5.74) is 1.44. The van der Waals surface area contributed by atoms with E-state index >= 15 is 0 Å². The number of thiophene rings is 1. The van der Waals surface area contributed by atoms with Gasteiger partial charge in [0.2, 0.25) is 5.95 Å². The molecule has 0 aliphatic carbocycles. The lowest BCUT2D eigenvalue weighted by Crippen LogP contribution is -2.42. The maximum Gasteiger partial charge on any atom is 0.490 e. The second-order valence-corrected chi connectivity index (χ2v) is 8.79. The standard InChI is InChI=1S/C17H22N4OS.2C2HF3O2/c1-4-18-17(19-5-1)20-8-16-15-2-6-21(10-14(15)11-22-16)9-13-3-7-23-12-13;2*3-2(4,5)1(6)7/h1,3-5,7,12,14-16H,2,6,8-11H2,(H,18,19,20);2*(H,6,7)/t14-,15-,16+;;/m1../s1. The number of halogens is 6. The van der Waals surface area contributed by atoms with E-state index in [0.717, 1.165) is 26.2 Å². The fourth-order valence-corrected chi connectivity index (χ4v) is 4.40. The molecule has 2 aromatic rings. The van der Waals surface area contributed by atoms with Gasteiger partial charge in [0.1, 0.15) is 0 Å². The number of nitrogens with one attached hydrogen (secondary N) is 1. The van der Waals surface area contributed by atoms with Gasteiger partial charge >= 0.3 is 24.3 Å². The van der Waals surface area contributed by atoms with Crippen molar-refractivity contribution in [3.05, 3.63) is 40.8 Å². The van der Waals surface area contributed by atoms with Crippen molar-refractivity contribution in [3.8, 4) is 0 Å². The minimum Gasteiger partial charge on any atom is -0.475 e. The number of fused-ring (bicyclic) bond motifs is 1. The summed E-state index contributed by atoms with van der Waals surface area (Å²) in [5, 5.41) is 22.0. The van der Waals surface area contributed by atoms with Crippen LogP contribution in [0, 0.1) is 11.8 Å². The SMILES string of the molecule is O=C(O)C(F)(F)F.O=C(O)C(F)(F)F.c1cnc(NC[C@@H]2OC[C@H]3CN(Cc4ccsc4)CC[C@H]32)nc1. The molecule has 4 rings (SSSR count). The molecule has 4 heterocycles. The second kappa shape index (κ2) is 13.5. The van der Waals surface area contributed by atoms with Crippen LogP contribution in [-0.2, 0) is 20.9 Å². The number of carboxylic acids is 2. The van der Waals surface area contributed by atoms with Crippen molar-refractivity contribution in [2.75, 3.05) is 31.6 Å². The highest BCUT2D eigenvalue weighted by Crippen LogP contribution is 2.35. The monoisotopic (exact) mass is 558 g/mol. The van der Waals surface area contributed by atoms with Crippen LogP contribution in [0.25, 0.3) is 0 Å². The summed E-state index contributed by atoms with van der Waals surface area (Å²) in [6.45, 7) is 5.08. The number of likely N-dealkylation sites (tertiary alicyclic amines) is 1. The van der Waals surface area contributed by atoms with Crippen molar-refractivity contribution in [2.24, 2.45) is 11.8 Å². The zero-order valence-electron chi connectivity index (χ0n) is 19.1. The van der Waals surface area contributed by atoms with E-state index in [-0.39, 0.29) is 6.10 Å². The molecule has 3 atom stereocenters. The Morgan fingerprint density at radius 2 is 1.70 bits per heavy atom. The quantitative estimate of drug-likeness (QED) is 0.471. The zero-order valence-corrected chi connectivity index (χ0v) is 19.9. The Balaban J connectivity index is 0.000000286. The van der Waals surface area contributed by atoms with Crippen LogP contribution in [0.2, 0.25) is 0 Å². The third-order valence-electron chi connectivity index (χ3n) is 5.38. The van der Waals surface area contributed by atoms with Crippen LogP contribution in [0.4, 0.5) is 32.3 Å². The first kappa shape index (κ1) is 30.2. The van der Waals surface area contributed by atoms with Gasteiger partial charge in [-0.1, -0.05) is 0 Å². The largest absolute Gasteiger partial charge is 0.490 e. The molecule has 2 aliphatic rings. The van der Waals surface area contributed by atoms with Crippen molar-refractivity contribution in [1.82, 2.24) is 14.9 Å². The van der Waals surface area contributed by atoms with Crippen LogP contribution >= 0.6 is 11.3 Å². The topological polar surface area (TPSA) is 125 Å². The predicted molar refractivity (Wildman–Crippen MR) is 119 cm³/mol. The first-order valence-corrected chi connectivity index (χ1v) is 11.7. The number of aliphatic carboxylic acids is 2. The van der Waals surface area contributed by atoms with Crippen LogP contribution in [0.1, 0.15) is 12.0 Å². The van der Waals surface area contributed by atoms with Crippen LogP contribution in [0.3, 0.4) is 0 Å². The number of hydrogen-bond donors (Lipinski definition) is 3. The molecule has 37 heavy (non-hydrogen) atoms. The highest BCUT2D eigenvalue weighted by atomic mass is 32.1. The minimum absolute atomic E-state index is 0.284. The predicted octanol–water partition coefficient (Wildman–Crippen LogP) is 3.75. The Morgan fingerprint density at radius 3 is 2.22 bits per heavy atom. The number of carbonyl (C=O) groups is 2. The van der Waals surface area contributed by atoms with Crippen molar-refractivity contribution < 1.29 is 50.9 Å². The van der Waals surface area contributed by atoms with Crippen LogP contribution in [0.15, 0.2) is 35.3 Å². The van der Waals surface area contributed by atoms with Gasteiger partial charge in [0, 0.05) is 37.9 Å². The van der Waals surface area contributed by atoms with E-state index < -0.39 is 24.3 Å². The van der Waals surface area contributed by atoms with Gasteiger partial charge < -0.3 is 20.3 Å². The van der Waals surface area contributed by atoms with Gasteiger partial charge in [0.05, 0.1) is 12.7 Å². The van der Waals surface area contributed by atoms with Gasteiger partial charge in [0.15, 0.2) is 0 Å². The summed E-state index contributed by atoms with van der Waals surface area (Å²) in [6, 6.07) is 4.06. The molecule has 0 amide bonds. The average Bonchev–Trinajstić information content (AvgIpc) is 3.47. The number of rotatable bonds is 5. The molecule has 0 unspecified atom stereocenters. The van der Waals surface area contributed by atoms with Gasteiger partial charge in [-0.05, 0) is 47.3 Å². The summed E-state index contributed by atoms with van der Waals surface area (Å²) in [5.74, 6) is -3.51. The first-order valence-electron chi connectivity index (χ1n) is 10.7. The molecule has 16 heteroatoms. The fraction of sp³-hybridized carbons (Fsp3) is 0.524. The van der Waals surface area contributed by atoms with E-state index in [4.69, 9.17) is 24.5 Å². The van der Waals surface area contributed by atoms with E-state index in [1.165, 1.54) is 18.5 Å². The molecule has 2 fully saturated rings. The molecule has 2 aliphatic heterocycles. The molecule has 2 saturated heterocycles. The molecule has 0 radical (unpaired) electrons. The molecule has 0 aromatic carbocycles. The number of anilines is 1. The molecule has 0 saturated carbocycles. The highest BCUT2D eigenvalue weighted by molar-refractivity contribution is 7.07. The van der Waals surface area contributed by atoms with E-state index in [1.54, 1.807) is 23.7 Å². The molecule has 9 nitrogen and oxygen atoms in total. The summed E-state index contributed by atoms with van der Waals surface area (Å²) >= 11 is 1.78. The smallest absolute Gasteiger partial charge is 0.475 e. The lowest BCUT2D eigenvalue weighted by Gasteiger charge is -2.35. The Bertz CT molecular complexity index is 954. The third-order valence-corrected chi connectivity index (χ3v) is 6.11. The maximum absolute atomic E-state index is 10.6. The van der Waals surface area contributed by atoms with E-state index in [2.05, 4.69) is 37.0 Å². The molecular weight excluding hydrogens is 534 g/mol. The van der Waals surface area contributed by atoms with Gasteiger partial charge in [-0.2, -0.15) is 37.7 Å². The molecule has 0 spiro atoms. The van der Waals surface area contributed by atoms with Crippen LogP contribution < -0.4 is 5.32 Å². The van der Waals surface area contributed by atoms with Gasteiger partial charge in [-0.15, -0.1) is 0 Å². The second-order valence-electron chi connectivity index (χ2n) is 8.01. The molecule has 0 bridgehead atoms. The van der Waals surface area contributed by atoms with Crippen molar-refractivity contribution in [3.63, 3.8) is 0 Å². The van der Waals surface area contributed by atoms with Gasteiger partial charge in [-0.3, -0.25) is 4.90 Å². The number of hydrogen-bond acceptors (Lipinski definition) is 8. The zero-order chi connectivity index (χ0) is 27.6.